The summed E-state index contributed by atoms with van der Waals surface area (Å²) in [6.45, 7) is 6.93. The van der Waals surface area contributed by atoms with Gasteiger partial charge in [-0.2, -0.15) is 5.10 Å². The predicted octanol–water partition coefficient (Wildman–Crippen LogP) is 2.78. The van der Waals surface area contributed by atoms with E-state index in [1.165, 1.54) is 0 Å². The SMILES string of the molecule is CCOc1ccc(C(C)NC(=O)C(NC)c2cnn(C)c2)cc1OCC.Cl. The van der Waals surface area contributed by atoms with Crippen molar-refractivity contribution in [2.75, 3.05) is 20.3 Å². The maximum atomic E-state index is 12.7. The topological polar surface area (TPSA) is 77.4 Å². The smallest absolute Gasteiger partial charge is 0.242 e. The molecule has 27 heavy (non-hydrogen) atoms. The van der Waals surface area contributed by atoms with Crippen molar-refractivity contribution >= 4 is 18.3 Å². The summed E-state index contributed by atoms with van der Waals surface area (Å²) in [5.74, 6) is 1.28. The van der Waals surface area contributed by atoms with Gasteiger partial charge in [0, 0.05) is 18.8 Å². The van der Waals surface area contributed by atoms with Crippen LogP contribution in [0, 0.1) is 0 Å². The molecule has 8 heteroatoms. The number of halogens is 1. The summed E-state index contributed by atoms with van der Waals surface area (Å²) in [6.07, 6.45) is 3.52. The highest BCUT2D eigenvalue weighted by Gasteiger charge is 2.22. The number of carbonyl (C=O) groups excluding carboxylic acids is 1. The normalized spacial score (nSPS) is 12.6. The number of nitrogens with one attached hydrogen (secondary N) is 2. The largest absolute Gasteiger partial charge is 0.490 e. The molecule has 0 aliphatic heterocycles. The summed E-state index contributed by atoms with van der Waals surface area (Å²) in [4.78, 5) is 12.7. The summed E-state index contributed by atoms with van der Waals surface area (Å²) in [5.41, 5.74) is 1.77. The first kappa shape index (κ1) is 22.8. The molecule has 0 saturated heterocycles. The summed E-state index contributed by atoms with van der Waals surface area (Å²) >= 11 is 0. The second-order valence-electron chi connectivity index (χ2n) is 5.97. The Morgan fingerprint density at radius 1 is 1.19 bits per heavy atom. The lowest BCUT2D eigenvalue weighted by atomic mass is 10.1. The molecular weight excluding hydrogens is 368 g/mol. The van der Waals surface area contributed by atoms with Crippen LogP contribution in [0.3, 0.4) is 0 Å². The highest BCUT2D eigenvalue weighted by Crippen LogP contribution is 2.31. The molecule has 0 aliphatic rings. The average molecular weight is 397 g/mol. The van der Waals surface area contributed by atoms with Crippen molar-refractivity contribution in [1.29, 1.82) is 0 Å². The van der Waals surface area contributed by atoms with Crippen LogP contribution in [0.5, 0.6) is 11.5 Å². The zero-order valence-electron chi connectivity index (χ0n) is 16.5. The van der Waals surface area contributed by atoms with Crippen LogP contribution in [-0.2, 0) is 11.8 Å². The Morgan fingerprint density at radius 3 is 2.41 bits per heavy atom. The van der Waals surface area contributed by atoms with Crippen molar-refractivity contribution in [1.82, 2.24) is 20.4 Å². The highest BCUT2D eigenvalue weighted by molar-refractivity contribution is 5.85. The van der Waals surface area contributed by atoms with E-state index in [1.807, 2.05) is 52.2 Å². The number of aryl methyl sites for hydroxylation is 1. The van der Waals surface area contributed by atoms with Crippen LogP contribution in [0.15, 0.2) is 30.6 Å². The number of rotatable bonds is 9. The van der Waals surface area contributed by atoms with Gasteiger partial charge in [-0.1, -0.05) is 6.07 Å². The molecule has 150 valence electrons. The fourth-order valence-electron chi connectivity index (χ4n) is 2.76. The molecular formula is C19H29ClN4O3. The Hall–Kier alpha value is -2.25. The fraction of sp³-hybridized carbons (Fsp3) is 0.474. The van der Waals surface area contributed by atoms with Gasteiger partial charge in [0.1, 0.15) is 6.04 Å². The van der Waals surface area contributed by atoms with E-state index in [0.717, 1.165) is 11.1 Å². The first-order chi connectivity index (χ1) is 12.5. The van der Waals surface area contributed by atoms with E-state index < -0.39 is 6.04 Å². The maximum absolute atomic E-state index is 12.7. The van der Waals surface area contributed by atoms with Gasteiger partial charge in [0.25, 0.3) is 0 Å². The monoisotopic (exact) mass is 396 g/mol. The first-order valence-corrected chi connectivity index (χ1v) is 8.85. The molecule has 1 amide bonds. The standard InChI is InChI=1S/C19H28N4O3.ClH/c1-6-25-16-9-8-14(10-17(16)26-7-2)13(3)22-19(24)18(20-4)15-11-21-23(5)12-15;/h8-13,18,20H,6-7H2,1-5H3,(H,22,24);1H. The van der Waals surface area contributed by atoms with Gasteiger partial charge in [0.05, 0.1) is 25.5 Å². The summed E-state index contributed by atoms with van der Waals surface area (Å²) < 4.78 is 12.9. The minimum atomic E-state index is -0.458. The van der Waals surface area contributed by atoms with Crippen molar-refractivity contribution in [3.63, 3.8) is 0 Å². The zero-order chi connectivity index (χ0) is 19.1. The first-order valence-electron chi connectivity index (χ1n) is 8.85. The highest BCUT2D eigenvalue weighted by atomic mass is 35.5. The maximum Gasteiger partial charge on any atom is 0.242 e. The minimum absolute atomic E-state index is 0. The van der Waals surface area contributed by atoms with Crippen LogP contribution in [0.25, 0.3) is 0 Å². The Balaban J connectivity index is 0.00000364. The lowest BCUT2D eigenvalue weighted by Crippen LogP contribution is -2.37. The number of aromatic nitrogens is 2. The van der Waals surface area contributed by atoms with Gasteiger partial charge < -0.3 is 20.1 Å². The molecule has 2 atom stereocenters. The molecule has 1 heterocycles. The van der Waals surface area contributed by atoms with Gasteiger partial charge in [0.2, 0.25) is 5.91 Å². The Morgan fingerprint density at radius 2 is 1.85 bits per heavy atom. The summed E-state index contributed by atoms with van der Waals surface area (Å²) in [5, 5.41) is 10.2. The molecule has 0 radical (unpaired) electrons. The number of carbonyl (C=O) groups is 1. The summed E-state index contributed by atoms with van der Waals surface area (Å²) in [7, 11) is 3.58. The van der Waals surface area contributed by atoms with E-state index in [9.17, 15) is 4.79 Å². The molecule has 2 N–H and O–H groups in total. The Bertz CT molecular complexity index is 735. The third-order valence-electron chi connectivity index (χ3n) is 4.04. The van der Waals surface area contributed by atoms with Crippen molar-refractivity contribution in [2.24, 2.45) is 7.05 Å². The molecule has 0 aliphatic carbocycles. The number of ether oxygens (including phenoxy) is 2. The molecule has 7 nitrogen and oxygen atoms in total. The molecule has 0 fully saturated rings. The Labute approximate surface area is 166 Å². The number of nitrogens with zero attached hydrogens (tertiary/aromatic N) is 2. The van der Waals surface area contributed by atoms with Crippen molar-refractivity contribution in [3.05, 3.63) is 41.7 Å². The van der Waals surface area contributed by atoms with Crippen LogP contribution in [-0.4, -0.2) is 35.9 Å². The average Bonchev–Trinajstić information content (AvgIpc) is 3.03. The van der Waals surface area contributed by atoms with Crippen LogP contribution < -0.4 is 20.1 Å². The van der Waals surface area contributed by atoms with Crippen LogP contribution in [0.4, 0.5) is 0 Å². The number of hydrogen-bond acceptors (Lipinski definition) is 5. The second-order valence-corrected chi connectivity index (χ2v) is 5.97. The molecule has 1 aromatic heterocycles. The van der Waals surface area contributed by atoms with E-state index in [-0.39, 0.29) is 24.4 Å². The van der Waals surface area contributed by atoms with Gasteiger partial charge in [0.15, 0.2) is 11.5 Å². The molecule has 0 spiro atoms. The number of likely N-dealkylation sites (N-methyl/N-ethyl adjacent to an activating group) is 1. The van der Waals surface area contributed by atoms with Gasteiger partial charge in [-0.3, -0.25) is 9.48 Å². The summed E-state index contributed by atoms with van der Waals surface area (Å²) in [6, 6.07) is 5.10. The molecule has 1 aromatic carbocycles. The van der Waals surface area contributed by atoms with Gasteiger partial charge in [-0.25, -0.2) is 0 Å². The molecule has 2 aromatic rings. The zero-order valence-corrected chi connectivity index (χ0v) is 17.3. The van der Waals surface area contributed by atoms with Crippen LogP contribution in [0.1, 0.15) is 44.0 Å². The number of benzene rings is 1. The van der Waals surface area contributed by atoms with Crippen molar-refractivity contribution in [2.45, 2.75) is 32.9 Å². The van der Waals surface area contributed by atoms with E-state index >= 15 is 0 Å². The third-order valence-corrected chi connectivity index (χ3v) is 4.04. The van der Waals surface area contributed by atoms with E-state index in [2.05, 4.69) is 15.7 Å². The van der Waals surface area contributed by atoms with Crippen LogP contribution >= 0.6 is 12.4 Å². The lowest BCUT2D eigenvalue weighted by molar-refractivity contribution is -0.123. The van der Waals surface area contributed by atoms with E-state index in [0.29, 0.717) is 24.7 Å². The number of hydrogen-bond donors (Lipinski definition) is 2. The minimum Gasteiger partial charge on any atom is -0.490 e. The lowest BCUT2D eigenvalue weighted by Gasteiger charge is -2.20. The van der Waals surface area contributed by atoms with Gasteiger partial charge in [-0.15, -0.1) is 12.4 Å². The van der Waals surface area contributed by atoms with Gasteiger partial charge >= 0.3 is 0 Å². The fourth-order valence-corrected chi connectivity index (χ4v) is 2.76. The van der Waals surface area contributed by atoms with E-state index in [1.54, 1.807) is 17.9 Å². The molecule has 2 unspecified atom stereocenters. The molecule has 2 rings (SSSR count). The molecule has 0 bridgehead atoms. The predicted molar refractivity (Wildman–Crippen MR) is 108 cm³/mol. The van der Waals surface area contributed by atoms with Crippen molar-refractivity contribution < 1.29 is 14.3 Å². The number of amides is 1. The van der Waals surface area contributed by atoms with E-state index in [4.69, 9.17) is 9.47 Å². The third kappa shape index (κ3) is 5.87. The Kier molecular flexibility index (Phi) is 9.11. The second kappa shape index (κ2) is 10.8. The molecule has 0 saturated carbocycles. The quantitative estimate of drug-likeness (QED) is 0.681. The van der Waals surface area contributed by atoms with Gasteiger partial charge in [-0.05, 0) is 45.5 Å². The van der Waals surface area contributed by atoms with Crippen LogP contribution in [0.2, 0.25) is 0 Å². The van der Waals surface area contributed by atoms with Crippen molar-refractivity contribution in [3.8, 4) is 11.5 Å².